The van der Waals surface area contributed by atoms with Gasteiger partial charge in [-0.2, -0.15) is 0 Å². The highest BCUT2D eigenvalue weighted by molar-refractivity contribution is 5.74. The van der Waals surface area contributed by atoms with Crippen LogP contribution in [-0.2, 0) is 42.9 Å². The van der Waals surface area contributed by atoms with Crippen molar-refractivity contribution in [3.8, 4) is 0 Å². The van der Waals surface area contributed by atoms with Gasteiger partial charge in [-0.05, 0) is 122 Å². The molecule has 79 heavy (non-hydrogen) atoms. The first-order chi connectivity index (χ1) is 38.6. The van der Waals surface area contributed by atoms with Gasteiger partial charge in [-0.25, -0.2) is 4.79 Å². The first kappa shape index (κ1) is 72.1. The van der Waals surface area contributed by atoms with Crippen molar-refractivity contribution in [2.24, 2.45) is 0 Å². The molecule has 446 valence electrons. The van der Waals surface area contributed by atoms with Crippen LogP contribution in [0.1, 0.15) is 226 Å². The Bertz CT molecular complexity index is 1840. The zero-order chi connectivity index (χ0) is 57.5. The molecular weight excluding hydrogens is 997 g/mol. The van der Waals surface area contributed by atoms with Gasteiger partial charge in [-0.15, -0.1) is 0 Å². The molecule has 1 heterocycles. The van der Waals surface area contributed by atoms with E-state index in [9.17, 15) is 34.5 Å². The summed E-state index contributed by atoms with van der Waals surface area (Å²) in [5.41, 5.74) is 0. The van der Waals surface area contributed by atoms with Crippen LogP contribution in [0.4, 0.5) is 0 Å². The standard InChI is InChI=1S/C67H106O12/c1-4-7-10-13-16-19-22-25-27-29-30-32-33-36-38-41-44-47-50-53-59(68)75-56-58(77-60(69)54-51-48-45-42-39-35-24-21-18-15-12-9-6-3)57-76-67-65(63(72)62(71)64(79-67)66(73)74)78-61(70)55-52-49-46-43-40-37-34-31-28-26-23-20-17-14-11-8-5-2/h7-8,10-12,15-17,19-21,24-28,30,32,36,38,58,62-65,67,71-72H,4-6,9,13-14,18,22-23,29,31,33-35,37,39-57H2,1-3H3,(H,73,74)/b10-7-,11-8-,15-12-,19-16-,20-17-,24-21-,27-25-,28-26-,32-30-,38-36-. The fourth-order valence-electron chi connectivity index (χ4n) is 8.39. The van der Waals surface area contributed by atoms with Gasteiger partial charge in [0.2, 0.25) is 0 Å². The Labute approximate surface area is 478 Å². The Balaban J connectivity index is 2.71. The van der Waals surface area contributed by atoms with Crippen molar-refractivity contribution in [1.29, 1.82) is 0 Å². The van der Waals surface area contributed by atoms with Gasteiger partial charge in [0.25, 0.3) is 0 Å². The molecule has 1 saturated heterocycles. The number of aliphatic carboxylic acids is 1. The van der Waals surface area contributed by atoms with Gasteiger partial charge < -0.3 is 39.0 Å². The fraction of sp³-hybridized carbons (Fsp3) is 0.642. The van der Waals surface area contributed by atoms with E-state index in [0.29, 0.717) is 19.3 Å². The maximum atomic E-state index is 13.1. The van der Waals surface area contributed by atoms with Gasteiger partial charge in [-0.3, -0.25) is 14.4 Å². The number of hydrogen-bond donors (Lipinski definition) is 3. The Hall–Kier alpha value is -4.88. The van der Waals surface area contributed by atoms with Crippen LogP contribution in [0.25, 0.3) is 0 Å². The van der Waals surface area contributed by atoms with Crippen LogP contribution in [-0.4, -0.2) is 89.2 Å². The number of hydrogen-bond acceptors (Lipinski definition) is 11. The molecule has 0 radical (unpaired) electrons. The molecule has 0 aromatic rings. The van der Waals surface area contributed by atoms with Crippen molar-refractivity contribution in [2.75, 3.05) is 13.2 Å². The molecule has 1 rings (SSSR count). The molecule has 1 fully saturated rings. The van der Waals surface area contributed by atoms with E-state index >= 15 is 0 Å². The van der Waals surface area contributed by atoms with Gasteiger partial charge in [0, 0.05) is 19.3 Å². The first-order valence-corrected chi connectivity index (χ1v) is 30.5. The Morgan fingerprint density at radius 1 is 0.430 bits per heavy atom. The van der Waals surface area contributed by atoms with Gasteiger partial charge in [0.15, 0.2) is 24.6 Å². The molecule has 0 aromatic carbocycles. The lowest BCUT2D eigenvalue weighted by atomic mass is 9.98. The number of ether oxygens (including phenoxy) is 5. The second-order valence-corrected chi connectivity index (χ2v) is 20.2. The van der Waals surface area contributed by atoms with Gasteiger partial charge in [-0.1, -0.05) is 206 Å². The Morgan fingerprint density at radius 2 is 0.797 bits per heavy atom. The molecule has 3 N–H and O–H groups in total. The largest absolute Gasteiger partial charge is 0.479 e. The minimum absolute atomic E-state index is 0.0379. The normalized spacial score (nSPS) is 18.7. The molecule has 0 aliphatic carbocycles. The molecule has 0 spiro atoms. The highest BCUT2D eigenvalue weighted by Gasteiger charge is 2.50. The van der Waals surface area contributed by atoms with Crippen LogP contribution in [0, 0.1) is 0 Å². The van der Waals surface area contributed by atoms with Gasteiger partial charge >= 0.3 is 23.9 Å². The van der Waals surface area contributed by atoms with E-state index in [1.54, 1.807) is 0 Å². The lowest BCUT2D eigenvalue weighted by molar-refractivity contribution is -0.301. The molecule has 0 bridgehead atoms. The predicted octanol–water partition coefficient (Wildman–Crippen LogP) is 16.0. The van der Waals surface area contributed by atoms with Crippen LogP contribution >= 0.6 is 0 Å². The number of allylic oxidation sites excluding steroid dienone is 20. The summed E-state index contributed by atoms with van der Waals surface area (Å²) in [5.74, 6) is -3.21. The van der Waals surface area contributed by atoms with E-state index < -0.39 is 67.3 Å². The topological polar surface area (TPSA) is 175 Å². The monoisotopic (exact) mass is 1100 g/mol. The maximum Gasteiger partial charge on any atom is 0.335 e. The Morgan fingerprint density at radius 3 is 1.23 bits per heavy atom. The first-order valence-electron chi connectivity index (χ1n) is 30.5. The predicted molar refractivity (Wildman–Crippen MR) is 321 cm³/mol. The van der Waals surface area contributed by atoms with Crippen molar-refractivity contribution in [3.63, 3.8) is 0 Å². The van der Waals surface area contributed by atoms with Crippen molar-refractivity contribution in [3.05, 3.63) is 122 Å². The number of carboxylic acids is 1. The molecule has 0 aromatic heterocycles. The third-order valence-corrected chi connectivity index (χ3v) is 13.0. The number of rotatable bonds is 50. The molecule has 1 aliphatic heterocycles. The quantitative estimate of drug-likeness (QED) is 0.0228. The third-order valence-electron chi connectivity index (χ3n) is 13.0. The number of unbranched alkanes of at least 4 members (excludes halogenated alkanes) is 16. The average Bonchev–Trinajstić information content (AvgIpc) is 3.47. The molecular formula is C67H106O12. The van der Waals surface area contributed by atoms with E-state index in [1.807, 2.05) is 0 Å². The second kappa shape index (κ2) is 53.7. The number of carbonyl (C=O) groups excluding carboxylic acids is 3. The summed E-state index contributed by atoms with van der Waals surface area (Å²) in [6.07, 6.45) is 61.6. The Kier molecular flexibility index (Phi) is 49.1. The summed E-state index contributed by atoms with van der Waals surface area (Å²) in [4.78, 5) is 51.2. The van der Waals surface area contributed by atoms with Crippen LogP contribution in [0.3, 0.4) is 0 Å². The van der Waals surface area contributed by atoms with E-state index in [-0.39, 0.29) is 25.9 Å². The van der Waals surface area contributed by atoms with Crippen LogP contribution in [0.15, 0.2) is 122 Å². The maximum absolute atomic E-state index is 13.1. The molecule has 12 nitrogen and oxygen atoms in total. The third kappa shape index (κ3) is 43.6. The van der Waals surface area contributed by atoms with Crippen LogP contribution < -0.4 is 0 Å². The zero-order valence-corrected chi connectivity index (χ0v) is 49.1. The lowest BCUT2D eigenvalue weighted by Crippen LogP contribution is -2.61. The zero-order valence-electron chi connectivity index (χ0n) is 49.1. The highest BCUT2D eigenvalue weighted by atomic mass is 16.7. The molecule has 1 aliphatic rings. The molecule has 6 atom stereocenters. The smallest absolute Gasteiger partial charge is 0.335 e. The SMILES string of the molecule is CC/C=C\C/C=C\C/C=C\C/C=C\C/C=C\CCCCCC(=O)OCC(COC1OC(C(=O)O)C(O)C(O)C1OC(=O)CCCCCCCCC/C=C\C/C=C\C/C=C\CC)OC(=O)CCCCCCC/C=C\C/C=C\CCC. The molecule has 0 saturated carbocycles. The summed E-state index contributed by atoms with van der Waals surface area (Å²) >= 11 is 0. The van der Waals surface area contributed by atoms with E-state index in [4.69, 9.17) is 23.7 Å². The lowest BCUT2D eigenvalue weighted by Gasteiger charge is -2.40. The second-order valence-electron chi connectivity index (χ2n) is 20.2. The van der Waals surface area contributed by atoms with E-state index in [0.717, 1.165) is 167 Å². The van der Waals surface area contributed by atoms with Crippen molar-refractivity contribution in [1.82, 2.24) is 0 Å². The number of aliphatic hydroxyl groups excluding tert-OH is 2. The minimum Gasteiger partial charge on any atom is -0.479 e. The molecule has 6 unspecified atom stereocenters. The van der Waals surface area contributed by atoms with E-state index in [2.05, 4.69) is 142 Å². The number of esters is 3. The number of aliphatic hydroxyl groups is 2. The van der Waals surface area contributed by atoms with Crippen LogP contribution in [0.2, 0.25) is 0 Å². The molecule has 0 amide bonds. The van der Waals surface area contributed by atoms with Crippen molar-refractivity contribution in [2.45, 2.75) is 263 Å². The van der Waals surface area contributed by atoms with Crippen molar-refractivity contribution < 1.29 is 58.2 Å². The summed E-state index contributed by atoms with van der Waals surface area (Å²) in [6.45, 7) is 5.65. The van der Waals surface area contributed by atoms with E-state index in [1.165, 1.54) is 0 Å². The molecule has 12 heteroatoms. The highest BCUT2D eigenvalue weighted by Crippen LogP contribution is 2.26. The van der Waals surface area contributed by atoms with Gasteiger partial charge in [0.05, 0.1) is 6.61 Å². The van der Waals surface area contributed by atoms with Crippen molar-refractivity contribution >= 4 is 23.9 Å². The number of carbonyl (C=O) groups is 4. The average molecular weight is 1100 g/mol. The fourth-order valence-corrected chi connectivity index (χ4v) is 8.39. The van der Waals surface area contributed by atoms with Crippen LogP contribution in [0.5, 0.6) is 0 Å². The van der Waals surface area contributed by atoms with Gasteiger partial charge in [0.1, 0.15) is 18.8 Å². The summed E-state index contributed by atoms with van der Waals surface area (Å²) in [6, 6.07) is 0. The number of carboxylic acid groups (broad SMARTS) is 1. The summed E-state index contributed by atoms with van der Waals surface area (Å²) in [5, 5.41) is 31.5. The summed E-state index contributed by atoms with van der Waals surface area (Å²) in [7, 11) is 0. The summed E-state index contributed by atoms with van der Waals surface area (Å²) < 4.78 is 28.4. The minimum atomic E-state index is -1.92.